The fourth-order valence-corrected chi connectivity index (χ4v) is 1.75. The minimum atomic E-state index is 0.439. The van der Waals surface area contributed by atoms with E-state index in [2.05, 4.69) is 18.0 Å². The van der Waals surface area contributed by atoms with E-state index >= 15 is 0 Å². The van der Waals surface area contributed by atoms with Crippen LogP contribution in [0.1, 0.15) is 25.5 Å². The lowest BCUT2D eigenvalue weighted by Gasteiger charge is -2.09. The summed E-state index contributed by atoms with van der Waals surface area (Å²) in [5, 5.41) is 2.19. The minimum Gasteiger partial charge on any atom is -0.477 e. The molecule has 0 aliphatic rings. The average Bonchev–Trinajstić information content (AvgIpc) is 2.38. The number of ether oxygens (including phenoxy) is 1. The summed E-state index contributed by atoms with van der Waals surface area (Å²) in [6.45, 7) is 3.29. The molecule has 1 heterocycles. The predicted molar refractivity (Wildman–Crippen MR) is 70.0 cm³/mol. The first kappa shape index (κ1) is 11.9. The summed E-state index contributed by atoms with van der Waals surface area (Å²) >= 11 is 0. The van der Waals surface area contributed by atoms with Crippen molar-refractivity contribution in [3.8, 4) is 5.88 Å². The van der Waals surface area contributed by atoms with Crippen molar-refractivity contribution in [1.82, 2.24) is 4.98 Å². The van der Waals surface area contributed by atoms with E-state index < -0.39 is 0 Å². The van der Waals surface area contributed by atoms with Gasteiger partial charge in [-0.05, 0) is 23.9 Å². The van der Waals surface area contributed by atoms with Gasteiger partial charge in [-0.3, -0.25) is 0 Å². The van der Waals surface area contributed by atoms with Crippen molar-refractivity contribution >= 4 is 10.8 Å². The summed E-state index contributed by atoms with van der Waals surface area (Å²) in [6, 6.07) is 10.1. The Morgan fingerprint density at radius 3 is 2.88 bits per heavy atom. The molecule has 0 aliphatic carbocycles. The third kappa shape index (κ3) is 2.74. The number of rotatable bonds is 5. The zero-order valence-corrected chi connectivity index (χ0v) is 10.1. The number of pyridine rings is 1. The summed E-state index contributed by atoms with van der Waals surface area (Å²) < 4.78 is 5.74. The van der Waals surface area contributed by atoms with Crippen LogP contribution in [-0.2, 0) is 6.54 Å². The summed E-state index contributed by atoms with van der Waals surface area (Å²) in [6.07, 6.45) is 2.16. The van der Waals surface area contributed by atoms with Crippen molar-refractivity contribution in [3.63, 3.8) is 0 Å². The van der Waals surface area contributed by atoms with Gasteiger partial charge >= 0.3 is 0 Å². The molecule has 0 fully saturated rings. The first-order valence-electron chi connectivity index (χ1n) is 6.06. The molecule has 0 saturated heterocycles. The molecule has 0 amide bonds. The number of nitrogens with zero attached hydrogens (tertiary/aromatic N) is 1. The molecule has 2 rings (SSSR count). The average molecular weight is 230 g/mol. The zero-order chi connectivity index (χ0) is 12.1. The minimum absolute atomic E-state index is 0.439. The highest BCUT2D eigenvalue weighted by atomic mass is 16.5. The van der Waals surface area contributed by atoms with Crippen molar-refractivity contribution in [2.75, 3.05) is 6.61 Å². The molecule has 3 nitrogen and oxygen atoms in total. The van der Waals surface area contributed by atoms with Crippen molar-refractivity contribution in [2.45, 2.75) is 26.3 Å². The molecular weight excluding hydrogens is 212 g/mol. The van der Waals surface area contributed by atoms with E-state index in [1.165, 1.54) is 0 Å². The Labute approximate surface area is 102 Å². The Kier molecular flexibility index (Phi) is 3.94. The fourth-order valence-electron chi connectivity index (χ4n) is 1.75. The molecule has 3 heteroatoms. The number of nitrogens with two attached hydrogens (primary N) is 1. The van der Waals surface area contributed by atoms with E-state index in [1.807, 2.05) is 24.3 Å². The number of benzene rings is 1. The lowest BCUT2D eigenvalue weighted by Crippen LogP contribution is -2.04. The normalized spacial score (nSPS) is 10.7. The first-order valence-corrected chi connectivity index (χ1v) is 6.06. The summed E-state index contributed by atoms with van der Waals surface area (Å²) in [5.74, 6) is 0.706. The molecule has 0 aliphatic heterocycles. The monoisotopic (exact) mass is 230 g/mol. The van der Waals surface area contributed by atoms with E-state index in [-0.39, 0.29) is 0 Å². The maximum atomic E-state index is 5.74. The fraction of sp³-hybridized carbons (Fsp3) is 0.357. The van der Waals surface area contributed by atoms with Gasteiger partial charge in [0.1, 0.15) is 0 Å². The van der Waals surface area contributed by atoms with Crippen LogP contribution in [0.2, 0.25) is 0 Å². The van der Waals surface area contributed by atoms with Gasteiger partial charge in [-0.1, -0.05) is 31.5 Å². The second-order valence-corrected chi connectivity index (χ2v) is 4.05. The van der Waals surface area contributed by atoms with Crippen molar-refractivity contribution in [2.24, 2.45) is 5.73 Å². The summed E-state index contributed by atoms with van der Waals surface area (Å²) in [7, 11) is 0. The Morgan fingerprint density at radius 1 is 1.29 bits per heavy atom. The lowest BCUT2D eigenvalue weighted by atomic mass is 10.1. The van der Waals surface area contributed by atoms with Crippen LogP contribution in [0.5, 0.6) is 5.88 Å². The topological polar surface area (TPSA) is 48.1 Å². The van der Waals surface area contributed by atoms with Gasteiger partial charge in [0.15, 0.2) is 0 Å². The molecule has 1 aromatic heterocycles. The number of fused-ring (bicyclic) bond motifs is 1. The van der Waals surface area contributed by atoms with E-state index in [1.54, 1.807) is 0 Å². The summed E-state index contributed by atoms with van der Waals surface area (Å²) in [4.78, 5) is 4.44. The van der Waals surface area contributed by atoms with Gasteiger partial charge in [-0.2, -0.15) is 0 Å². The van der Waals surface area contributed by atoms with Gasteiger partial charge in [0.2, 0.25) is 5.88 Å². The van der Waals surface area contributed by atoms with Crippen molar-refractivity contribution < 1.29 is 4.74 Å². The number of hydrogen-bond donors (Lipinski definition) is 1. The SMILES string of the molecule is CCCCOc1nc(CN)cc2ccccc12. The smallest absolute Gasteiger partial charge is 0.221 e. The van der Waals surface area contributed by atoms with Gasteiger partial charge < -0.3 is 10.5 Å². The molecule has 90 valence electrons. The number of aromatic nitrogens is 1. The maximum Gasteiger partial charge on any atom is 0.221 e. The van der Waals surface area contributed by atoms with Crippen LogP contribution < -0.4 is 10.5 Å². The van der Waals surface area contributed by atoms with Crippen LogP contribution in [0.25, 0.3) is 10.8 Å². The van der Waals surface area contributed by atoms with Gasteiger partial charge in [-0.25, -0.2) is 4.98 Å². The highest BCUT2D eigenvalue weighted by Gasteiger charge is 2.05. The van der Waals surface area contributed by atoms with Gasteiger partial charge in [0, 0.05) is 11.9 Å². The summed E-state index contributed by atoms with van der Waals surface area (Å²) in [5.41, 5.74) is 6.52. The van der Waals surface area contributed by atoms with E-state index in [0.717, 1.165) is 29.3 Å². The van der Waals surface area contributed by atoms with Crippen molar-refractivity contribution in [1.29, 1.82) is 0 Å². The Bertz CT molecular complexity index is 497. The third-order valence-corrected chi connectivity index (χ3v) is 2.70. The third-order valence-electron chi connectivity index (χ3n) is 2.70. The van der Waals surface area contributed by atoms with Crippen LogP contribution in [0.3, 0.4) is 0 Å². The molecule has 0 bridgehead atoms. The first-order chi connectivity index (χ1) is 8.35. The molecule has 2 aromatic rings. The molecule has 2 N–H and O–H groups in total. The predicted octanol–water partition coefficient (Wildman–Crippen LogP) is 2.87. The molecule has 17 heavy (non-hydrogen) atoms. The molecule has 0 unspecified atom stereocenters. The Balaban J connectivity index is 2.36. The molecule has 0 radical (unpaired) electrons. The second kappa shape index (κ2) is 5.64. The largest absolute Gasteiger partial charge is 0.477 e. The second-order valence-electron chi connectivity index (χ2n) is 4.05. The Morgan fingerprint density at radius 2 is 2.12 bits per heavy atom. The van der Waals surface area contributed by atoms with Crippen LogP contribution in [0.15, 0.2) is 30.3 Å². The van der Waals surface area contributed by atoms with Crippen molar-refractivity contribution in [3.05, 3.63) is 36.0 Å². The number of hydrogen-bond acceptors (Lipinski definition) is 3. The van der Waals surface area contributed by atoms with Crippen LogP contribution in [0, 0.1) is 0 Å². The Hall–Kier alpha value is -1.61. The highest BCUT2D eigenvalue weighted by Crippen LogP contribution is 2.24. The number of unbranched alkanes of at least 4 members (excludes halogenated alkanes) is 1. The van der Waals surface area contributed by atoms with E-state index in [0.29, 0.717) is 19.0 Å². The van der Waals surface area contributed by atoms with E-state index in [4.69, 9.17) is 10.5 Å². The molecule has 0 atom stereocenters. The lowest BCUT2D eigenvalue weighted by molar-refractivity contribution is 0.301. The quantitative estimate of drug-likeness (QED) is 0.803. The van der Waals surface area contributed by atoms with Crippen LogP contribution in [-0.4, -0.2) is 11.6 Å². The zero-order valence-electron chi connectivity index (χ0n) is 10.1. The van der Waals surface area contributed by atoms with Crippen LogP contribution in [0.4, 0.5) is 0 Å². The van der Waals surface area contributed by atoms with Crippen LogP contribution >= 0.6 is 0 Å². The van der Waals surface area contributed by atoms with Gasteiger partial charge in [0.05, 0.1) is 12.3 Å². The molecular formula is C14H18N2O. The van der Waals surface area contributed by atoms with Gasteiger partial charge in [-0.15, -0.1) is 0 Å². The standard InChI is InChI=1S/C14H18N2O/c1-2-3-8-17-14-13-7-5-4-6-11(13)9-12(10-15)16-14/h4-7,9H,2-3,8,10,15H2,1H3. The van der Waals surface area contributed by atoms with Gasteiger partial charge in [0.25, 0.3) is 0 Å². The molecule has 1 aromatic carbocycles. The molecule has 0 spiro atoms. The maximum absolute atomic E-state index is 5.74. The van der Waals surface area contributed by atoms with E-state index in [9.17, 15) is 0 Å². The highest BCUT2D eigenvalue weighted by molar-refractivity contribution is 5.87. The molecule has 0 saturated carbocycles.